The van der Waals surface area contributed by atoms with Crippen LogP contribution >= 0.6 is 0 Å². The normalized spacial score (nSPS) is 13.8. The van der Waals surface area contributed by atoms with Crippen LogP contribution in [0.4, 0.5) is 28.0 Å². The average Bonchev–Trinajstić information content (AvgIpc) is 3.10. The molecule has 56 heavy (non-hydrogen) atoms. The average molecular weight is 800 g/mol. The number of aliphatic hydroxyl groups excluding tert-OH is 1. The van der Waals surface area contributed by atoms with Gasteiger partial charge in [-0.2, -0.15) is 0 Å². The van der Waals surface area contributed by atoms with E-state index in [1.165, 1.54) is 43.3 Å². The molecule has 4 aromatic rings. The van der Waals surface area contributed by atoms with Gasteiger partial charge in [-0.15, -0.1) is 0 Å². The number of nitrogens with one attached hydrogen (secondary N) is 2. The third-order valence-electron chi connectivity index (χ3n) is 8.19. The number of azide groups is 1. The number of rotatable bonds is 16. The second-order valence-electron chi connectivity index (χ2n) is 13.9. The van der Waals surface area contributed by atoms with E-state index in [0.29, 0.717) is 6.07 Å². The molecule has 0 aliphatic heterocycles. The number of aromatic nitrogens is 1. The predicted molar refractivity (Wildman–Crippen MR) is 199 cm³/mol. The Kier molecular flexibility index (Phi) is 14.5. The van der Waals surface area contributed by atoms with Crippen molar-refractivity contribution in [2.75, 3.05) is 18.4 Å². The molecule has 4 atom stereocenters. The Bertz CT molecular complexity index is 2130. The quantitative estimate of drug-likeness (QED) is 0.0472. The Labute approximate surface area is 321 Å². The summed E-state index contributed by atoms with van der Waals surface area (Å²) in [6.07, 6.45) is -0.387. The zero-order valence-corrected chi connectivity index (χ0v) is 31.7. The van der Waals surface area contributed by atoms with Crippen molar-refractivity contribution in [1.29, 1.82) is 0 Å². The van der Waals surface area contributed by atoms with Crippen LogP contribution in [0.1, 0.15) is 56.7 Å². The largest absolute Gasteiger partial charge is 0.444 e. The third-order valence-corrected chi connectivity index (χ3v) is 9.73. The number of aliphatic hydroxyl groups is 1. The molecule has 0 radical (unpaired) electrons. The lowest BCUT2D eigenvalue weighted by Crippen LogP contribution is -2.49. The predicted octanol–water partition coefficient (Wildman–Crippen LogP) is 6.99. The van der Waals surface area contributed by atoms with E-state index in [0.717, 1.165) is 41.6 Å². The van der Waals surface area contributed by atoms with Crippen LogP contribution in [0.15, 0.2) is 95.2 Å². The van der Waals surface area contributed by atoms with E-state index in [1.54, 1.807) is 26.8 Å². The SMILES string of the molecule is C[C@H](O)CN(C[C@H](CCc1c(F)cncc1NC(=O)[C@@H](N=[N+]=[N-])[C@@H](c1ccc(F)cc1)c1cc(F)cc(F)c1)NS(=O)(=O)c1ccccc1)C(=O)OC(C)(C)C. The molecule has 0 spiro atoms. The molecule has 0 bridgehead atoms. The van der Waals surface area contributed by atoms with E-state index >= 15 is 4.39 Å². The lowest BCUT2D eigenvalue weighted by Gasteiger charge is -2.31. The lowest BCUT2D eigenvalue weighted by atomic mass is 9.84. The number of anilines is 1. The molecule has 3 aromatic carbocycles. The molecule has 0 aliphatic rings. The first-order chi connectivity index (χ1) is 26.4. The Morgan fingerprint density at radius 1 is 0.946 bits per heavy atom. The van der Waals surface area contributed by atoms with Crippen molar-refractivity contribution in [3.8, 4) is 0 Å². The van der Waals surface area contributed by atoms with Crippen molar-refractivity contribution < 1.29 is 45.4 Å². The van der Waals surface area contributed by atoms with Crippen molar-refractivity contribution in [3.63, 3.8) is 0 Å². The van der Waals surface area contributed by atoms with Gasteiger partial charge >= 0.3 is 6.09 Å². The summed E-state index contributed by atoms with van der Waals surface area (Å²) in [6, 6.07) is 11.5. The highest BCUT2D eigenvalue weighted by atomic mass is 32.2. The van der Waals surface area contributed by atoms with Gasteiger partial charge in [-0.1, -0.05) is 35.4 Å². The van der Waals surface area contributed by atoms with Crippen molar-refractivity contribution in [1.82, 2.24) is 14.6 Å². The highest BCUT2D eigenvalue weighted by molar-refractivity contribution is 7.89. The Morgan fingerprint density at radius 2 is 1.59 bits per heavy atom. The fraction of sp³-hybridized carbons (Fsp3) is 0.342. The minimum atomic E-state index is -4.22. The molecule has 3 N–H and O–H groups in total. The third kappa shape index (κ3) is 12.2. The smallest absolute Gasteiger partial charge is 0.410 e. The highest BCUT2D eigenvalue weighted by Gasteiger charge is 2.33. The van der Waals surface area contributed by atoms with E-state index in [4.69, 9.17) is 4.74 Å². The standard InChI is InChI=1S/C38H41F4N7O6S/c1-23(50)21-49(37(52)55-38(2,3)4)22-29(47-56(53,54)30-8-6-5-7-9-30)14-15-31-32(42)19-44-20-33(31)45-36(51)35(46-48-43)34(24-10-12-26(39)13-11-24)25-16-27(40)18-28(41)17-25/h5-13,16-20,23,29,34-35,47,50H,14-15,21-22H2,1-4H3,(H,45,51)/t23-,29-,34-,35-/m0/s1. The summed E-state index contributed by atoms with van der Waals surface area (Å²) in [5.41, 5.74) is 8.20. The first kappa shape index (κ1) is 43.2. The zero-order chi connectivity index (χ0) is 41.2. The topological polar surface area (TPSA) is 187 Å². The number of amides is 2. The van der Waals surface area contributed by atoms with Crippen molar-refractivity contribution >= 4 is 27.7 Å². The van der Waals surface area contributed by atoms with Crippen molar-refractivity contribution in [3.05, 3.63) is 136 Å². The van der Waals surface area contributed by atoms with Crippen LogP contribution in [0, 0.1) is 23.3 Å². The second-order valence-corrected chi connectivity index (χ2v) is 15.6. The molecule has 1 aromatic heterocycles. The summed E-state index contributed by atoms with van der Waals surface area (Å²) in [4.78, 5) is 34.8. The number of carbonyl (C=O) groups is 2. The summed E-state index contributed by atoms with van der Waals surface area (Å²) in [6.45, 7) is 5.75. The van der Waals surface area contributed by atoms with Crippen LogP contribution in [0.25, 0.3) is 10.4 Å². The van der Waals surface area contributed by atoms with Gasteiger partial charge in [-0.3, -0.25) is 9.78 Å². The molecule has 1 heterocycles. The summed E-state index contributed by atoms with van der Waals surface area (Å²) in [7, 11) is -4.22. The van der Waals surface area contributed by atoms with Crippen LogP contribution in [0.3, 0.4) is 0 Å². The highest BCUT2D eigenvalue weighted by Crippen LogP contribution is 2.33. The maximum atomic E-state index is 15.6. The van der Waals surface area contributed by atoms with Gasteiger partial charge in [0.25, 0.3) is 0 Å². The van der Waals surface area contributed by atoms with E-state index in [9.17, 15) is 41.8 Å². The molecule has 0 unspecified atom stereocenters. The minimum absolute atomic E-state index is 0.0923. The molecule has 0 saturated heterocycles. The lowest BCUT2D eigenvalue weighted by molar-refractivity contribution is -0.117. The number of ether oxygens (including phenoxy) is 1. The molecular weight excluding hydrogens is 759 g/mol. The van der Waals surface area contributed by atoms with Gasteiger partial charge in [0.15, 0.2) is 0 Å². The molecule has 4 rings (SSSR count). The molecule has 0 aliphatic carbocycles. The maximum absolute atomic E-state index is 15.6. The first-order valence-corrected chi connectivity index (χ1v) is 18.8. The number of halogens is 4. The van der Waals surface area contributed by atoms with E-state index in [1.807, 2.05) is 0 Å². The van der Waals surface area contributed by atoms with Gasteiger partial charge in [0.2, 0.25) is 15.9 Å². The first-order valence-electron chi connectivity index (χ1n) is 17.3. The van der Waals surface area contributed by atoms with Gasteiger partial charge in [-0.25, -0.2) is 35.5 Å². The van der Waals surface area contributed by atoms with E-state index in [2.05, 4.69) is 25.0 Å². The van der Waals surface area contributed by atoms with Crippen LogP contribution in [0.2, 0.25) is 0 Å². The van der Waals surface area contributed by atoms with Crippen LogP contribution in [0.5, 0.6) is 0 Å². The summed E-state index contributed by atoms with van der Waals surface area (Å²) in [5, 5.41) is 16.3. The Balaban J connectivity index is 1.70. The molecule has 298 valence electrons. The fourth-order valence-electron chi connectivity index (χ4n) is 5.87. The van der Waals surface area contributed by atoms with Gasteiger partial charge in [0.05, 0.1) is 29.1 Å². The van der Waals surface area contributed by atoms with Crippen molar-refractivity contribution in [2.24, 2.45) is 5.11 Å². The number of pyridine rings is 1. The van der Waals surface area contributed by atoms with Crippen molar-refractivity contribution in [2.45, 2.75) is 75.1 Å². The van der Waals surface area contributed by atoms with Crippen LogP contribution in [-0.4, -0.2) is 72.3 Å². The Morgan fingerprint density at radius 3 is 2.18 bits per heavy atom. The molecule has 2 amide bonds. The number of hydrogen-bond donors (Lipinski definition) is 3. The Hall–Kier alpha value is -5.55. The monoisotopic (exact) mass is 799 g/mol. The molecule has 18 heteroatoms. The minimum Gasteiger partial charge on any atom is -0.444 e. The fourth-order valence-corrected chi connectivity index (χ4v) is 7.15. The second kappa shape index (κ2) is 18.9. The number of sulfonamides is 1. The van der Waals surface area contributed by atoms with Gasteiger partial charge in [0.1, 0.15) is 34.9 Å². The van der Waals surface area contributed by atoms with Crippen LogP contribution in [-0.2, 0) is 26.0 Å². The summed E-state index contributed by atoms with van der Waals surface area (Å²) in [5.74, 6) is -5.97. The van der Waals surface area contributed by atoms with Crippen LogP contribution < -0.4 is 10.0 Å². The summed E-state index contributed by atoms with van der Waals surface area (Å²) >= 11 is 0. The molecule has 0 fully saturated rings. The number of carbonyl (C=O) groups excluding carboxylic acids is 2. The van der Waals surface area contributed by atoms with E-state index in [-0.39, 0.29) is 53.2 Å². The molecular formula is C38H41F4N7O6S. The zero-order valence-electron chi connectivity index (χ0n) is 30.9. The van der Waals surface area contributed by atoms with Gasteiger partial charge in [-0.05, 0) is 93.6 Å². The summed E-state index contributed by atoms with van der Waals surface area (Å²) < 4.78 is 93.4. The molecule has 0 saturated carbocycles. The van der Waals surface area contributed by atoms with E-state index < -0.39 is 75.0 Å². The van der Waals surface area contributed by atoms with Gasteiger partial charge in [0, 0.05) is 41.6 Å². The number of hydrogen-bond acceptors (Lipinski definition) is 8. The maximum Gasteiger partial charge on any atom is 0.410 e. The van der Waals surface area contributed by atoms with Gasteiger partial charge < -0.3 is 20.1 Å². The number of benzene rings is 3. The number of nitrogens with zero attached hydrogens (tertiary/aromatic N) is 5. The molecule has 13 nitrogen and oxygen atoms in total.